The summed E-state index contributed by atoms with van der Waals surface area (Å²) in [5.74, 6) is 2.20. The van der Waals surface area contributed by atoms with Gasteiger partial charge in [-0.15, -0.1) is 10.2 Å². The highest BCUT2D eigenvalue weighted by atomic mass is 32.2. The van der Waals surface area contributed by atoms with Crippen LogP contribution in [0, 0.1) is 18.3 Å². The predicted octanol–water partition coefficient (Wildman–Crippen LogP) is 5.42. The highest BCUT2D eigenvalue weighted by molar-refractivity contribution is 7.98. The van der Waals surface area contributed by atoms with Gasteiger partial charge in [0.1, 0.15) is 5.75 Å². The molecule has 0 N–H and O–H groups in total. The van der Waals surface area contributed by atoms with Crippen molar-refractivity contribution in [2.75, 3.05) is 7.11 Å². The Hall–Kier alpha value is -3.56. The molecule has 6 heteroatoms. The summed E-state index contributed by atoms with van der Waals surface area (Å²) in [6, 6.07) is 26.0. The zero-order valence-electron chi connectivity index (χ0n) is 16.7. The van der Waals surface area contributed by atoms with Crippen molar-refractivity contribution in [1.29, 1.82) is 5.26 Å². The van der Waals surface area contributed by atoms with E-state index >= 15 is 0 Å². The number of nitriles is 1. The largest absolute Gasteiger partial charge is 0.497 e. The molecule has 1 heterocycles. The number of aromatic nitrogens is 3. The van der Waals surface area contributed by atoms with Crippen LogP contribution in [0.4, 0.5) is 0 Å². The number of rotatable bonds is 6. The van der Waals surface area contributed by atoms with Crippen molar-refractivity contribution >= 4 is 11.8 Å². The van der Waals surface area contributed by atoms with E-state index in [4.69, 9.17) is 4.74 Å². The first kappa shape index (κ1) is 19.7. The molecule has 4 aromatic rings. The molecule has 4 rings (SSSR count). The number of hydrogen-bond acceptors (Lipinski definition) is 5. The molecule has 0 atom stereocenters. The van der Waals surface area contributed by atoms with Gasteiger partial charge in [-0.2, -0.15) is 5.26 Å². The highest BCUT2D eigenvalue weighted by Gasteiger charge is 2.17. The van der Waals surface area contributed by atoms with Crippen LogP contribution in [0.2, 0.25) is 0 Å². The summed E-state index contributed by atoms with van der Waals surface area (Å²) in [7, 11) is 1.65. The van der Waals surface area contributed by atoms with E-state index in [1.807, 2.05) is 65.2 Å². The highest BCUT2D eigenvalue weighted by Crippen LogP contribution is 2.31. The van der Waals surface area contributed by atoms with Gasteiger partial charge in [-0.1, -0.05) is 53.7 Å². The first-order valence-corrected chi connectivity index (χ1v) is 10.5. The maximum atomic E-state index is 9.37. The first-order chi connectivity index (χ1) is 14.7. The minimum absolute atomic E-state index is 0.631. The van der Waals surface area contributed by atoms with Gasteiger partial charge >= 0.3 is 0 Å². The van der Waals surface area contributed by atoms with Crippen LogP contribution in [0.25, 0.3) is 17.1 Å². The number of benzene rings is 3. The van der Waals surface area contributed by atoms with Crippen LogP contribution >= 0.6 is 11.8 Å². The molecule has 0 amide bonds. The molecule has 0 aliphatic heterocycles. The fourth-order valence-electron chi connectivity index (χ4n) is 3.20. The number of nitrogens with zero attached hydrogens (tertiary/aromatic N) is 4. The number of aryl methyl sites for hydroxylation is 1. The van der Waals surface area contributed by atoms with Crippen LogP contribution in [-0.2, 0) is 5.75 Å². The second-order valence-electron chi connectivity index (χ2n) is 6.77. The zero-order valence-corrected chi connectivity index (χ0v) is 17.6. The number of methoxy groups -OCH3 is 1. The Labute approximate surface area is 180 Å². The van der Waals surface area contributed by atoms with Gasteiger partial charge < -0.3 is 4.74 Å². The van der Waals surface area contributed by atoms with Gasteiger partial charge in [0, 0.05) is 17.0 Å². The molecule has 0 fully saturated rings. The van der Waals surface area contributed by atoms with Gasteiger partial charge in [0.15, 0.2) is 11.0 Å². The number of ether oxygens (including phenoxy) is 1. The molecule has 0 unspecified atom stereocenters. The second-order valence-corrected chi connectivity index (χ2v) is 7.71. The van der Waals surface area contributed by atoms with E-state index in [1.54, 1.807) is 18.9 Å². The van der Waals surface area contributed by atoms with E-state index < -0.39 is 0 Å². The lowest BCUT2D eigenvalue weighted by Crippen LogP contribution is -2.00. The van der Waals surface area contributed by atoms with Gasteiger partial charge in [0.25, 0.3) is 0 Å². The summed E-state index contributed by atoms with van der Waals surface area (Å²) in [6.07, 6.45) is 0. The summed E-state index contributed by atoms with van der Waals surface area (Å²) in [6.45, 7) is 2.06. The van der Waals surface area contributed by atoms with Crippen molar-refractivity contribution in [3.63, 3.8) is 0 Å². The molecule has 0 aliphatic carbocycles. The standard InChI is InChI=1S/C24H20N4OS/c1-17-6-5-9-18(14-17)23-26-27-24(28(23)21-10-12-22(29-2)13-11-21)30-16-20-8-4-3-7-19(20)15-25/h3-14H,16H2,1-2H3. The SMILES string of the molecule is COc1ccc(-n2c(SCc3ccccc3C#N)nnc2-c2cccc(C)c2)cc1. The third-order valence-electron chi connectivity index (χ3n) is 4.73. The maximum Gasteiger partial charge on any atom is 0.196 e. The molecule has 5 nitrogen and oxygen atoms in total. The molecular weight excluding hydrogens is 392 g/mol. The Balaban J connectivity index is 1.75. The number of hydrogen-bond donors (Lipinski definition) is 0. The van der Waals surface area contributed by atoms with Crippen molar-refractivity contribution in [3.8, 4) is 28.9 Å². The summed E-state index contributed by atoms with van der Waals surface area (Å²) in [5.41, 5.74) is 4.77. The molecule has 0 aliphatic rings. The molecule has 30 heavy (non-hydrogen) atoms. The molecule has 0 spiro atoms. The number of thioether (sulfide) groups is 1. The van der Waals surface area contributed by atoms with Crippen molar-refractivity contribution < 1.29 is 4.74 Å². The second kappa shape index (κ2) is 8.85. The Morgan fingerprint density at radius 3 is 2.53 bits per heavy atom. The van der Waals surface area contributed by atoms with Gasteiger partial charge in [0.05, 0.1) is 18.7 Å². The van der Waals surface area contributed by atoms with Crippen LogP contribution < -0.4 is 4.74 Å². The third kappa shape index (κ3) is 4.07. The minimum Gasteiger partial charge on any atom is -0.497 e. The van der Waals surface area contributed by atoms with Crippen LogP contribution in [0.15, 0.2) is 78.0 Å². The van der Waals surface area contributed by atoms with E-state index in [1.165, 1.54) is 0 Å². The van der Waals surface area contributed by atoms with E-state index in [2.05, 4.69) is 35.3 Å². The van der Waals surface area contributed by atoms with Crippen LogP contribution in [0.5, 0.6) is 5.75 Å². The summed E-state index contributed by atoms with van der Waals surface area (Å²) in [5, 5.41) is 19.1. The molecule has 0 radical (unpaired) electrons. The van der Waals surface area contributed by atoms with Gasteiger partial charge in [0.2, 0.25) is 0 Å². The fraction of sp³-hybridized carbons (Fsp3) is 0.125. The molecule has 1 aromatic heterocycles. The summed E-state index contributed by atoms with van der Waals surface area (Å²) in [4.78, 5) is 0. The Kier molecular flexibility index (Phi) is 5.82. The normalized spacial score (nSPS) is 10.6. The van der Waals surface area contributed by atoms with Crippen molar-refractivity contribution in [2.45, 2.75) is 17.8 Å². The lowest BCUT2D eigenvalue weighted by atomic mass is 10.1. The van der Waals surface area contributed by atoms with Crippen molar-refractivity contribution in [1.82, 2.24) is 14.8 Å². The predicted molar refractivity (Wildman–Crippen MR) is 119 cm³/mol. The van der Waals surface area contributed by atoms with Gasteiger partial charge in [-0.05, 0) is 48.9 Å². The van der Waals surface area contributed by atoms with Crippen LogP contribution in [0.1, 0.15) is 16.7 Å². The Bertz CT molecular complexity index is 1210. The summed E-state index contributed by atoms with van der Waals surface area (Å²) < 4.78 is 7.35. The zero-order chi connectivity index (χ0) is 20.9. The third-order valence-corrected chi connectivity index (χ3v) is 5.71. The molecule has 0 saturated carbocycles. The van der Waals surface area contributed by atoms with Crippen molar-refractivity contribution in [2.24, 2.45) is 0 Å². The fourth-order valence-corrected chi connectivity index (χ4v) is 4.15. The van der Waals surface area contributed by atoms with E-state index in [0.717, 1.165) is 39.1 Å². The van der Waals surface area contributed by atoms with E-state index in [0.29, 0.717) is 11.3 Å². The molecule has 0 saturated heterocycles. The quantitative estimate of drug-likeness (QED) is 0.396. The lowest BCUT2D eigenvalue weighted by Gasteiger charge is -2.12. The molecule has 3 aromatic carbocycles. The minimum atomic E-state index is 0.631. The Morgan fingerprint density at radius 2 is 1.80 bits per heavy atom. The monoisotopic (exact) mass is 412 g/mol. The molecule has 148 valence electrons. The average molecular weight is 413 g/mol. The van der Waals surface area contributed by atoms with E-state index in [9.17, 15) is 5.26 Å². The van der Waals surface area contributed by atoms with Crippen LogP contribution in [-0.4, -0.2) is 21.9 Å². The van der Waals surface area contributed by atoms with Gasteiger partial charge in [-0.25, -0.2) is 0 Å². The maximum absolute atomic E-state index is 9.37. The van der Waals surface area contributed by atoms with Crippen molar-refractivity contribution in [3.05, 3.63) is 89.5 Å². The van der Waals surface area contributed by atoms with E-state index in [-0.39, 0.29) is 0 Å². The first-order valence-electron chi connectivity index (χ1n) is 9.47. The molecule has 0 bridgehead atoms. The van der Waals surface area contributed by atoms with Crippen LogP contribution in [0.3, 0.4) is 0 Å². The average Bonchev–Trinajstić information content (AvgIpc) is 3.22. The van der Waals surface area contributed by atoms with Gasteiger partial charge in [-0.3, -0.25) is 4.57 Å². The smallest absolute Gasteiger partial charge is 0.196 e. The summed E-state index contributed by atoms with van der Waals surface area (Å²) >= 11 is 1.56. The molecular formula is C24H20N4OS. The topological polar surface area (TPSA) is 63.7 Å². The Morgan fingerprint density at radius 1 is 1.00 bits per heavy atom. The lowest BCUT2D eigenvalue weighted by molar-refractivity contribution is 0.414.